The molecule has 0 unspecified atom stereocenters. The van der Waals surface area contributed by atoms with Gasteiger partial charge in [-0.25, -0.2) is 4.79 Å². The van der Waals surface area contributed by atoms with Crippen LogP contribution in [0.1, 0.15) is 24.2 Å². The molecule has 2 N–H and O–H groups in total. The highest BCUT2D eigenvalue weighted by molar-refractivity contribution is 6.02. The molecule has 152 valence electrons. The molecular formula is C24H22N2O4. The lowest BCUT2D eigenvalue weighted by atomic mass is 9.83. The van der Waals surface area contributed by atoms with Gasteiger partial charge in [-0.15, -0.1) is 0 Å². The molecule has 0 aliphatic carbocycles. The van der Waals surface area contributed by atoms with E-state index < -0.39 is 29.6 Å². The molecule has 0 bridgehead atoms. The van der Waals surface area contributed by atoms with E-state index in [9.17, 15) is 9.59 Å². The molecule has 1 fully saturated rings. The number of rotatable bonds is 6. The number of β-lactam (4-membered cyclic amide) rings is 1. The minimum atomic E-state index is -1.41. The van der Waals surface area contributed by atoms with Crippen molar-refractivity contribution in [2.45, 2.75) is 24.6 Å². The first-order valence-corrected chi connectivity index (χ1v) is 9.64. The van der Waals surface area contributed by atoms with E-state index in [1.165, 1.54) is 6.92 Å². The highest BCUT2D eigenvalue weighted by Gasteiger charge is 2.62. The van der Waals surface area contributed by atoms with Crippen LogP contribution in [0.3, 0.4) is 0 Å². The molecule has 0 aromatic heterocycles. The summed E-state index contributed by atoms with van der Waals surface area (Å²) in [6.45, 7) is 1.51. The smallest absolute Gasteiger partial charge is 0.336 e. The maximum absolute atomic E-state index is 13.2. The van der Waals surface area contributed by atoms with Gasteiger partial charge in [-0.05, 0) is 30.2 Å². The Morgan fingerprint density at radius 1 is 0.900 bits per heavy atom. The Balaban J connectivity index is 1.60. The van der Waals surface area contributed by atoms with Crippen LogP contribution in [-0.4, -0.2) is 28.5 Å². The fourth-order valence-electron chi connectivity index (χ4n) is 3.44. The number of esters is 1. The lowest BCUT2D eigenvalue weighted by Crippen LogP contribution is -2.80. The van der Waals surface area contributed by atoms with Gasteiger partial charge in [0.25, 0.3) is 5.91 Å². The number of carbonyl (C=O) groups is 2. The quantitative estimate of drug-likeness (QED) is 0.506. The molecule has 30 heavy (non-hydrogen) atoms. The third kappa shape index (κ3) is 3.65. The molecule has 1 aliphatic heterocycles. The van der Waals surface area contributed by atoms with E-state index in [0.29, 0.717) is 5.75 Å². The molecule has 1 amide bonds. The van der Waals surface area contributed by atoms with Crippen molar-refractivity contribution in [3.05, 3.63) is 102 Å². The van der Waals surface area contributed by atoms with Gasteiger partial charge < -0.3 is 15.3 Å². The van der Waals surface area contributed by atoms with Crippen molar-refractivity contribution in [2.75, 3.05) is 0 Å². The highest BCUT2D eigenvalue weighted by atomic mass is 16.7. The predicted octanol–water partition coefficient (Wildman–Crippen LogP) is 3.24. The van der Waals surface area contributed by atoms with Crippen molar-refractivity contribution in [1.82, 2.24) is 5.06 Å². The Hall–Kier alpha value is -3.64. The second-order valence-electron chi connectivity index (χ2n) is 7.36. The standard InChI is InChI=1S/C24H22N2O4/c1-24(25)21(26(23(24)28)30-19-15-9-4-10-16-19)22(27)29-20(17-11-5-2-6-12-17)18-13-7-3-8-14-18/h2-16,20-21H,25H2,1H3/t21-,24+/m1/s1. The van der Waals surface area contributed by atoms with Gasteiger partial charge in [-0.2, -0.15) is 5.06 Å². The molecule has 6 heteroatoms. The Bertz CT molecular complexity index is 983. The second-order valence-corrected chi connectivity index (χ2v) is 7.36. The monoisotopic (exact) mass is 402 g/mol. The van der Waals surface area contributed by atoms with E-state index in [0.717, 1.165) is 16.2 Å². The summed E-state index contributed by atoms with van der Waals surface area (Å²) in [6.07, 6.45) is -0.634. The van der Waals surface area contributed by atoms with Crippen molar-refractivity contribution in [3.8, 4) is 5.75 Å². The number of hydrogen-bond acceptors (Lipinski definition) is 5. The summed E-state index contributed by atoms with van der Waals surface area (Å²) in [7, 11) is 0. The number of hydroxylamine groups is 2. The van der Waals surface area contributed by atoms with Crippen LogP contribution in [0.2, 0.25) is 0 Å². The van der Waals surface area contributed by atoms with Gasteiger partial charge in [0.05, 0.1) is 0 Å². The van der Waals surface area contributed by atoms with Gasteiger partial charge in [0.15, 0.2) is 17.9 Å². The first-order valence-electron chi connectivity index (χ1n) is 9.64. The summed E-state index contributed by atoms with van der Waals surface area (Å²) < 4.78 is 5.89. The third-order valence-electron chi connectivity index (χ3n) is 5.07. The summed E-state index contributed by atoms with van der Waals surface area (Å²) in [5.74, 6) is -0.681. The maximum Gasteiger partial charge on any atom is 0.336 e. The van der Waals surface area contributed by atoms with Gasteiger partial charge in [-0.3, -0.25) is 4.79 Å². The summed E-state index contributed by atoms with van der Waals surface area (Å²) in [5, 5.41) is 0.991. The summed E-state index contributed by atoms with van der Waals surface area (Å²) in [4.78, 5) is 31.3. The van der Waals surface area contributed by atoms with Crippen LogP contribution >= 0.6 is 0 Å². The minimum absolute atomic E-state index is 0.432. The minimum Gasteiger partial charge on any atom is -0.451 e. The number of carbonyl (C=O) groups excluding carboxylic acids is 2. The number of para-hydroxylation sites is 1. The maximum atomic E-state index is 13.2. The zero-order chi connectivity index (χ0) is 21.1. The lowest BCUT2D eigenvalue weighted by Gasteiger charge is -2.48. The van der Waals surface area contributed by atoms with Gasteiger partial charge in [0, 0.05) is 0 Å². The predicted molar refractivity (Wildman–Crippen MR) is 111 cm³/mol. The van der Waals surface area contributed by atoms with E-state index in [1.54, 1.807) is 24.3 Å². The number of nitrogens with zero attached hydrogens (tertiary/aromatic N) is 1. The van der Waals surface area contributed by atoms with E-state index >= 15 is 0 Å². The lowest BCUT2D eigenvalue weighted by molar-refractivity contribution is -0.218. The van der Waals surface area contributed by atoms with Crippen molar-refractivity contribution in [2.24, 2.45) is 5.73 Å². The van der Waals surface area contributed by atoms with Crippen molar-refractivity contribution in [1.29, 1.82) is 0 Å². The topological polar surface area (TPSA) is 81.9 Å². The van der Waals surface area contributed by atoms with E-state index in [1.807, 2.05) is 66.7 Å². The van der Waals surface area contributed by atoms with Crippen molar-refractivity contribution >= 4 is 11.9 Å². The second kappa shape index (κ2) is 8.00. The molecule has 0 radical (unpaired) electrons. The molecule has 1 heterocycles. The summed E-state index contributed by atoms with van der Waals surface area (Å²) in [5.41, 5.74) is 6.36. The third-order valence-corrected chi connectivity index (χ3v) is 5.07. The highest BCUT2D eigenvalue weighted by Crippen LogP contribution is 2.34. The van der Waals surface area contributed by atoms with Gasteiger partial charge in [-0.1, -0.05) is 78.9 Å². The fraction of sp³-hybridized carbons (Fsp3) is 0.167. The molecule has 4 rings (SSSR count). The van der Waals surface area contributed by atoms with Crippen molar-refractivity contribution in [3.63, 3.8) is 0 Å². The largest absolute Gasteiger partial charge is 0.451 e. The average molecular weight is 402 g/mol. The number of nitrogens with two attached hydrogens (primary N) is 1. The van der Waals surface area contributed by atoms with E-state index in [4.69, 9.17) is 15.3 Å². The molecule has 0 spiro atoms. The number of benzene rings is 3. The molecule has 0 saturated carbocycles. The van der Waals surface area contributed by atoms with Gasteiger partial charge >= 0.3 is 5.97 Å². The Morgan fingerprint density at radius 2 is 1.37 bits per heavy atom. The van der Waals surface area contributed by atoms with Crippen LogP contribution in [0.4, 0.5) is 0 Å². The van der Waals surface area contributed by atoms with Crippen LogP contribution in [0.15, 0.2) is 91.0 Å². The molecule has 6 nitrogen and oxygen atoms in total. The van der Waals surface area contributed by atoms with Gasteiger partial charge in [0.2, 0.25) is 0 Å². The van der Waals surface area contributed by atoms with Crippen LogP contribution in [0.25, 0.3) is 0 Å². The normalized spacial score (nSPS) is 20.6. The first kappa shape index (κ1) is 19.7. The van der Waals surface area contributed by atoms with E-state index in [-0.39, 0.29) is 0 Å². The molecule has 1 aliphatic rings. The van der Waals surface area contributed by atoms with Gasteiger partial charge in [0.1, 0.15) is 5.54 Å². The molecular weight excluding hydrogens is 380 g/mol. The van der Waals surface area contributed by atoms with Crippen LogP contribution in [0, 0.1) is 0 Å². The zero-order valence-electron chi connectivity index (χ0n) is 16.5. The molecule has 2 atom stereocenters. The average Bonchev–Trinajstić information content (AvgIpc) is 2.78. The van der Waals surface area contributed by atoms with Crippen LogP contribution in [0.5, 0.6) is 5.75 Å². The van der Waals surface area contributed by atoms with E-state index in [2.05, 4.69) is 0 Å². The Morgan fingerprint density at radius 3 is 1.87 bits per heavy atom. The number of hydrogen-bond donors (Lipinski definition) is 1. The number of ether oxygens (including phenoxy) is 1. The molecule has 3 aromatic carbocycles. The molecule has 3 aromatic rings. The summed E-state index contributed by atoms with van der Waals surface area (Å²) >= 11 is 0. The number of amides is 1. The van der Waals surface area contributed by atoms with Crippen LogP contribution < -0.4 is 10.6 Å². The van der Waals surface area contributed by atoms with Crippen LogP contribution in [-0.2, 0) is 14.3 Å². The SMILES string of the molecule is C[C@@]1(N)C(=O)N(Oc2ccccc2)[C@@H]1C(=O)OC(c1ccccc1)c1ccccc1. The van der Waals surface area contributed by atoms with Crippen molar-refractivity contribution < 1.29 is 19.2 Å². The Kier molecular flexibility index (Phi) is 5.25. The summed E-state index contributed by atoms with van der Waals surface area (Å²) in [6, 6.07) is 26.5. The fourth-order valence-corrected chi connectivity index (χ4v) is 3.44. The Labute approximate surface area is 174 Å². The first-order chi connectivity index (χ1) is 14.5. The zero-order valence-corrected chi connectivity index (χ0v) is 16.5. The molecule has 1 saturated heterocycles.